The molecule has 1 aromatic carbocycles. The van der Waals surface area contributed by atoms with Gasteiger partial charge in [-0.1, -0.05) is 17.7 Å². The van der Waals surface area contributed by atoms with Gasteiger partial charge in [0.2, 0.25) is 5.91 Å². The minimum atomic E-state index is -3.75. The molecule has 0 aliphatic carbocycles. The topological polar surface area (TPSA) is 72.5 Å². The molecule has 1 aliphatic heterocycles. The lowest BCUT2D eigenvalue weighted by atomic mass is 10.0. The van der Waals surface area contributed by atoms with Crippen molar-refractivity contribution in [2.75, 3.05) is 7.11 Å². The summed E-state index contributed by atoms with van der Waals surface area (Å²) in [4.78, 5) is 11.4. The van der Waals surface area contributed by atoms with E-state index in [-0.39, 0.29) is 16.8 Å². The van der Waals surface area contributed by atoms with Crippen molar-refractivity contribution < 1.29 is 17.4 Å². The summed E-state index contributed by atoms with van der Waals surface area (Å²) in [5.41, 5.74) is 1.55. The number of carbonyl (C=O) groups is 1. The van der Waals surface area contributed by atoms with Gasteiger partial charge < -0.3 is 5.32 Å². The molecule has 1 heterocycles. The van der Waals surface area contributed by atoms with Crippen molar-refractivity contribution in [1.82, 2.24) is 5.32 Å². The first-order valence-corrected chi connectivity index (χ1v) is 7.05. The lowest BCUT2D eigenvalue weighted by Crippen LogP contribution is -2.20. The first kappa shape index (κ1) is 13.0. The normalized spacial score (nSPS) is 19.9. The molecule has 2 rings (SSSR count). The quantitative estimate of drug-likeness (QED) is 0.839. The molecule has 6 heteroatoms. The molecule has 18 heavy (non-hydrogen) atoms. The van der Waals surface area contributed by atoms with Crippen LogP contribution in [0.5, 0.6) is 0 Å². The van der Waals surface area contributed by atoms with Crippen LogP contribution in [0.25, 0.3) is 0 Å². The molecule has 0 spiro atoms. The second-order valence-corrected chi connectivity index (χ2v) is 6.00. The second-order valence-electron chi connectivity index (χ2n) is 4.32. The number of carbonyl (C=O) groups excluding carboxylic acids is 1. The Morgan fingerprint density at radius 1 is 1.39 bits per heavy atom. The highest BCUT2D eigenvalue weighted by Crippen LogP contribution is 2.30. The lowest BCUT2D eigenvalue weighted by Gasteiger charge is -2.15. The monoisotopic (exact) mass is 269 g/mol. The predicted molar refractivity (Wildman–Crippen MR) is 65.5 cm³/mol. The zero-order chi connectivity index (χ0) is 13.3. The molecule has 1 saturated heterocycles. The zero-order valence-electron chi connectivity index (χ0n) is 10.3. The molecular formula is C12H15NO4S. The van der Waals surface area contributed by atoms with E-state index in [9.17, 15) is 13.2 Å². The minimum Gasteiger partial charge on any atom is -0.349 e. The minimum absolute atomic E-state index is 0.0535. The molecule has 0 aromatic heterocycles. The summed E-state index contributed by atoms with van der Waals surface area (Å²) >= 11 is 0. The molecule has 0 unspecified atom stereocenters. The smallest absolute Gasteiger partial charge is 0.297 e. The Kier molecular flexibility index (Phi) is 3.41. The Morgan fingerprint density at radius 2 is 2.11 bits per heavy atom. The fraction of sp³-hybridized carbons (Fsp3) is 0.417. The lowest BCUT2D eigenvalue weighted by molar-refractivity contribution is -0.119. The highest BCUT2D eigenvalue weighted by molar-refractivity contribution is 7.86. The van der Waals surface area contributed by atoms with Gasteiger partial charge in [-0.3, -0.25) is 8.98 Å². The van der Waals surface area contributed by atoms with Gasteiger partial charge in [0.05, 0.1) is 18.0 Å². The molecule has 0 radical (unpaired) electrons. The van der Waals surface area contributed by atoms with Gasteiger partial charge in [-0.05, 0) is 25.0 Å². The number of amides is 1. The summed E-state index contributed by atoms with van der Waals surface area (Å²) in [5, 5.41) is 2.78. The van der Waals surface area contributed by atoms with E-state index >= 15 is 0 Å². The van der Waals surface area contributed by atoms with Crippen molar-refractivity contribution in [3.8, 4) is 0 Å². The molecule has 1 atom stereocenters. The van der Waals surface area contributed by atoms with Gasteiger partial charge in [0, 0.05) is 6.42 Å². The van der Waals surface area contributed by atoms with Crippen molar-refractivity contribution in [2.45, 2.75) is 30.7 Å². The van der Waals surface area contributed by atoms with E-state index in [0.717, 1.165) is 12.7 Å². The molecule has 0 saturated carbocycles. The molecule has 1 aromatic rings. The van der Waals surface area contributed by atoms with Crippen molar-refractivity contribution >= 4 is 16.0 Å². The van der Waals surface area contributed by atoms with Crippen LogP contribution in [0, 0.1) is 6.92 Å². The van der Waals surface area contributed by atoms with Crippen LogP contribution in [0.4, 0.5) is 0 Å². The third-order valence-electron chi connectivity index (χ3n) is 3.02. The van der Waals surface area contributed by atoms with Gasteiger partial charge >= 0.3 is 0 Å². The summed E-state index contributed by atoms with van der Waals surface area (Å²) in [5.74, 6) is -0.0535. The molecule has 1 amide bonds. The number of benzene rings is 1. The van der Waals surface area contributed by atoms with Crippen molar-refractivity contribution in [3.63, 3.8) is 0 Å². The maximum absolute atomic E-state index is 11.8. The van der Waals surface area contributed by atoms with Crippen LogP contribution in [-0.4, -0.2) is 21.4 Å². The number of rotatable bonds is 3. The Morgan fingerprint density at radius 3 is 2.67 bits per heavy atom. The van der Waals surface area contributed by atoms with Gasteiger partial charge in [0.1, 0.15) is 0 Å². The first-order valence-electron chi connectivity index (χ1n) is 5.64. The van der Waals surface area contributed by atoms with E-state index < -0.39 is 10.1 Å². The van der Waals surface area contributed by atoms with E-state index in [1.165, 1.54) is 6.07 Å². The van der Waals surface area contributed by atoms with E-state index in [1.807, 2.05) is 6.92 Å². The number of hydrogen-bond acceptors (Lipinski definition) is 4. The number of nitrogens with one attached hydrogen (secondary N) is 1. The van der Waals surface area contributed by atoms with Gasteiger partial charge in [-0.25, -0.2) is 0 Å². The summed E-state index contributed by atoms with van der Waals surface area (Å²) in [7, 11) is -2.62. The fourth-order valence-electron chi connectivity index (χ4n) is 2.10. The van der Waals surface area contributed by atoms with E-state index in [2.05, 4.69) is 9.50 Å². The second kappa shape index (κ2) is 4.70. The molecule has 5 nitrogen and oxygen atoms in total. The summed E-state index contributed by atoms with van der Waals surface area (Å²) in [6, 6.07) is 4.76. The average molecular weight is 269 g/mol. The molecule has 0 bridgehead atoms. The van der Waals surface area contributed by atoms with Crippen LogP contribution in [-0.2, 0) is 19.1 Å². The van der Waals surface area contributed by atoms with Gasteiger partial charge in [-0.15, -0.1) is 0 Å². The first-order chi connectivity index (χ1) is 8.44. The van der Waals surface area contributed by atoms with Crippen molar-refractivity contribution in [2.24, 2.45) is 0 Å². The van der Waals surface area contributed by atoms with Crippen molar-refractivity contribution in [3.05, 3.63) is 29.3 Å². The maximum atomic E-state index is 11.8. The highest BCUT2D eigenvalue weighted by Gasteiger charge is 2.28. The zero-order valence-corrected chi connectivity index (χ0v) is 11.1. The average Bonchev–Trinajstić information content (AvgIpc) is 2.75. The van der Waals surface area contributed by atoms with Gasteiger partial charge in [-0.2, -0.15) is 8.42 Å². The third-order valence-corrected chi connectivity index (χ3v) is 4.37. The van der Waals surface area contributed by atoms with Gasteiger partial charge in [0.25, 0.3) is 10.1 Å². The Labute approximate surface area is 106 Å². The van der Waals surface area contributed by atoms with Crippen LogP contribution in [0.2, 0.25) is 0 Å². The maximum Gasteiger partial charge on any atom is 0.297 e. The van der Waals surface area contributed by atoms with Crippen LogP contribution in [0.1, 0.15) is 30.0 Å². The van der Waals surface area contributed by atoms with E-state index in [1.54, 1.807) is 12.1 Å². The third kappa shape index (κ3) is 2.39. The summed E-state index contributed by atoms with van der Waals surface area (Å²) in [6.45, 7) is 1.88. The molecule has 1 fully saturated rings. The van der Waals surface area contributed by atoms with E-state index in [4.69, 9.17) is 0 Å². The molecule has 1 aliphatic rings. The summed E-state index contributed by atoms with van der Waals surface area (Å²) < 4.78 is 28.2. The Bertz CT molecular complexity index is 580. The fourth-order valence-corrected chi connectivity index (χ4v) is 3.01. The standard InChI is InChI=1S/C12H15NO4S/c1-8-3-5-11(18(15,16)17-2)9(7-8)10-4-6-12(14)13-10/h3,5,7,10H,4,6H2,1-2H3,(H,13,14)/t10-/m0/s1. The number of hydrogen-bond donors (Lipinski definition) is 1. The predicted octanol–water partition coefficient (Wildman–Crippen LogP) is 1.28. The Hall–Kier alpha value is -1.40. The van der Waals surface area contributed by atoms with Crippen LogP contribution < -0.4 is 5.32 Å². The van der Waals surface area contributed by atoms with Crippen LogP contribution in [0.15, 0.2) is 23.1 Å². The van der Waals surface area contributed by atoms with Gasteiger partial charge in [0.15, 0.2) is 0 Å². The van der Waals surface area contributed by atoms with Crippen LogP contribution >= 0.6 is 0 Å². The van der Waals surface area contributed by atoms with Crippen LogP contribution in [0.3, 0.4) is 0 Å². The van der Waals surface area contributed by atoms with Crippen molar-refractivity contribution in [1.29, 1.82) is 0 Å². The summed E-state index contributed by atoms with van der Waals surface area (Å²) in [6.07, 6.45) is 1.03. The highest BCUT2D eigenvalue weighted by atomic mass is 32.2. The van der Waals surface area contributed by atoms with E-state index in [0.29, 0.717) is 18.4 Å². The number of aryl methyl sites for hydroxylation is 1. The largest absolute Gasteiger partial charge is 0.349 e. The Balaban J connectivity index is 2.51. The SMILES string of the molecule is COS(=O)(=O)c1ccc(C)cc1[C@@H]1CCC(=O)N1. The molecular weight excluding hydrogens is 254 g/mol. The molecule has 1 N–H and O–H groups in total. The molecule has 98 valence electrons.